The molecule has 0 aromatic rings. The lowest BCUT2D eigenvalue weighted by Crippen LogP contribution is -2.23. The molecule has 0 bridgehead atoms. The molecule has 0 aliphatic carbocycles. The molecule has 92 valence electrons. The minimum Gasteiger partial charge on any atom is -0.353 e. The fourth-order valence-electron chi connectivity index (χ4n) is 0.665. The van der Waals surface area contributed by atoms with Gasteiger partial charge in [0.2, 0.25) is 0 Å². The van der Waals surface area contributed by atoms with E-state index >= 15 is 0 Å². The molecule has 0 unspecified atom stereocenters. The van der Waals surface area contributed by atoms with E-state index in [0.29, 0.717) is 0 Å². The van der Waals surface area contributed by atoms with E-state index in [4.69, 9.17) is 18.9 Å². The summed E-state index contributed by atoms with van der Waals surface area (Å²) in [6.07, 6.45) is -0.983. The zero-order valence-electron chi connectivity index (χ0n) is 9.43. The van der Waals surface area contributed by atoms with Gasteiger partial charge in [-0.2, -0.15) is 0 Å². The maximum atomic E-state index is 4.84. The highest BCUT2D eigenvalue weighted by molar-refractivity contribution is 4.34. The monoisotopic (exact) mass is 226 g/mol. The van der Waals surface area contributed by atoms with Crippen molar-refractivity contribution in [2.75, 3.05) is 41.7 Å². The molecule has 0 aromatic heterocycles. The van der Waals surface area contributed by atoms with Gasteiger partial charge in [0, 0.05) is 28.4 Å². The molecule has 0 N–H and O–H groups in total. The van der Waals surface area contributed by atoms with E-state index in [0.717, 1.165) is 0 Å². The Bertz CT molecular complexity index is 110. The smallest absolute Gasteiger partial charge is 0.183 e. The van der Waals surface area contributed by atoms with Crippen LogP contribution in [0.15, 0.2) is 0 Å². The summed E-state index contributed by atoms with van der Waals surface area (Å²) < 4.78 is 19.3. The largest absolute Gasteiger partial charge is 0.353 e. The molecule has 0 radical (unpaired) electrons. The van der Waals surface area contributed by atoms with Crippen LogP contribution < -0.4 is 0 Å². The minimum atomic E-state index is -0.491. The molecular weight excluding hydrogens is 208 g/mol. The first-order valence-electron chi connectivity index (χ1n) is 4.30. The normalized spacial score (nSPS) is 11.6. The van der Waals surface area contributed by atoms with E-state index in [9.17, 15) is 0 Å². The van der Waals surface area contributed by atoms with Gasteiger partial charge in [-0.3, -0.25) is 0 Å². The molecule has 0 saturated carbocycles. The summed E-state index contributed by atoms with van der Waals surface area (Å²) in [7, 11) is 5.96. The number of rotatable bonds is 10. The highest BCUT2D eigenvalue weighted by Gasteiger charge is 2.08. The van der Waals surface area contributed by atoms with Crippen LogP contribution >= 0.6 is 0 Å². The summed E-state index contributed by atoms with van der Waals surface area (Å²) in [5.74, 6) is 0. The third-order valence-corrected chi connectivity index (χ3v) is 1.56. The van der Waals surface area contributed by atoms with Gasteiger partial charge in [0.15, 0.2) is 12.6 Å². The molecule has 0 aromatic carbocycles. The number of hydrogen-bond donors (Lipinski definition) is 0. The predicted molar refractivity (Wildman–Crippen MR) is 48.6 cm³/mol. The molecule has 0 fully saturated rings. The van der Waals surface area contributed by atoms with E-state index in [1.165, 1.54) is 28.4 Å². The predicted octanol–water partition coefficient (Wildman–Crippen LogP) is 0.104. The fourth-order valence-corrected chi connectivity index (χ4v) is 0.665. The number of ether oxygens (including phenoxy) is 4. The van der Waals surface area contributed by atoms with E-state index in [1.54, 1.807) is 0 Å². The van der Waals surface area contributed by atoms with E-state index in [-0.39, 0.29) is 13.2 Å². The quantitative estimate of drug-likeness (QED) is 0.226. The molecule has 7 heteroatoms. The molecule has 15 heavy (non-hydrogen) atoms. The highest BCUT2D eigenvalue weighted by atomic mass is 17.5. The lowest BCUT2D eigenvalue weighted by molar-refractivity contribution is -0.526. The number of methoxy groups -OCH3 is 4. The van der Waals surface area contributed by atoms with Crippen molar-refractivity contribution in [3.05, 3.63) is 0 Å². The summed E-state index contributed by atoms with van der Waals surface area (Å²) in [5, 5.41) is 4.38. The summed E-state index contributed by atoms with van der Waals surface area (Å²) in [5.41, 5.74) is 0. The first-order valence-corrected chi connectivity index (χ1v) is 4.30. The van der Waals surface area contributed by atoms with Gasteiger partial charge < -0.3 is 18.9 Å². The van der Waals surface area contributed by atoms with Crippen LogP contribution in [-0.4, -0.2) is 54.2 Å². The van der Waals surface area contributed by atoms with Crippen LogP contribution in [0.5, 0.6) is 0 Å². The van der Waals surface area contributed by atoms with Crippen molar-refractivity contribution in [3.63, 3.8) is 0 Å². The lowest BCUT2D eigenvalue weighted by atomic mass is 10.7. The second-order valence-electron chi connectivity index (χ2n) is 2.44. The van der Waals surface area contributed by atoms with Gasteiger partial charge in [0.1, 0.15) is 13.2 Å². The molecule has 0 atom stereocenters. The van der Waals surface area contributed by atoms with E-state index in [1.807, 2.05) is 0 Å². The zero-order valence-corrected chi connectivity index (χ0v) is 9.43. The maximum Gasteiger partial charge on any atom is 0.183 e. The Balaban J connectivity index is 3.30. The summed E-state index contributed by atoms with van der Waals surface area (Å²) >= 11 is 0. The molecule has 0 aliphatic heterocycles. The average Bonchev–Trinajstić information content (AvgIpc) is 2.29. The Morgan fingerprint density at radius 1 is 0.667 bits per heavy atom. The van der Waals surface area contributed by atoms with E-state index in [2.05, 4.69) is 14.8 Å². The van der Waals surface area contributed by atoms with Crippen molar-refractivity contribution >= 4 is 0 Å². The topological polar surface area (TPSA) is 64.6 Å². The van der Waals surface area contributed by atoms with Crippen LogP contribution in [0.3, 0.4) is 0 Å². The van der Waals surface area contributed by atoms with Gasteiger partial charge in [-0.1, -0.05) is 5.04 Å². The van der Waals surface area contributed by atoms with Gasteiger partial charge in [0.25, 0.3) is 0 Å². The maximum absolute atomic E-state index is 4.84. The molecule has 0 heterocycles. The minimum absolute atomic E-state index is 0.0949. The summed E-state index contributed by atoms with van der Waals surface area (Å²) in [6.45, 7) is 0.190. The van der Waals surface area contributed by atoms with Crippen LogP contribution in [0.1, 0.15) is 0 Å². The Morgan fingerprint density at radius 3 is 1.27 bits per heavy atom. The second-order valence-corrected chi connectivity index (χ2v) is 2.44. The standard InChI is InChI=1S/C8H18O7/c1-9-7(10-2)5-13-15-14-6-8(11-3)12-4/h7-8H,5-6H2,1-4H3. The second kappa shape index (κ2) is 10.2. The molecule has 0 spiro atoms. The van der Waals surface area contributed by atoms with Gasteiger partial charge in [-0.05, 0) is 0 Å². The van der Waals surface area contributed by atoms with Crippen LogP contribution in [0.25, 0.3) is 0 Å². The molecule has 0 saturated heterocycles. The third-order valence-electron chi connectivity index (χ3n) is 1.56. The van der Waals surface area contributed by atoms with E-state index < -0.39 is 12.6 Å². The molecule has 0 amide bonds. The highest BCUT2D eigenvalue weighted by Crippen LogP contribution is 1.95. The van der Waals surface area contributed by atoms with Crippen LogP contribution in [0.4, 0.5) is 0 Å². The summed E-state index contributed by atoms with van der Waals surface area (Å²) in [4.78, 5) is 9.27. The molecule has 0 aliphatic rings. The average molecular weight is 226 g/mol. The van der Waals surface area contributed by atoms with Crippen LogP contribution in [0.2, 0.25) is 0 Å². The third kappa shape index (κ3) is 7.63. The Morgan fingerprint density at radius 2 is 1.00 bits per heavy atom. The van der Waals surface area contributed by atoms with Gasteiger partial charge >= 0.3 is 0 Å². The fraction of sp³-hybridized carbons (Fsp3) is 1.00. The van der Waals surface area contributed by atoms with Crippen molar-refractivity contribution in [1.82, 2.24) is 0 Å². The zero-order chi connectivity index (χ0) is 11.5. The molecule has 7 nitrogen and oxygen atoms in total. The van der Waals surface area contributed by atoms with Crippen molar-refractivity contribution in [3.8, 4) is 0 Å². The van der Waals surface area contributed by atoms with Crippen LogP contribution in [-0.2, 0) is 33.8 Å². The Kier molecular flexibility index (Phi) is 10.1. The van der Waals surface area contributed by atoms with Gasteiger partial charge in [0.05, 0.1) is 0 Å². The Hall–Kier alpha value is -0.280. The van der Waals surface area contributed by atoms with Crippen LogP contribution in [0, 0.1) is 0 Å². The molecule has 0 rings (SSSR count). The Labute approximate surface area is 88.9 Å². The van der Waals surface area contributed by atoms with Crippen molar-refractivity contribution in [2.45, 2.75) is 12.6 Å². The van der Waals surface area contributed by atoms with Crippen molar-refractivity contribution in [1.29, 1.82) is 0 Å². The first kappa shape index (κ1) is 14.7. The van der Waals surface area contributed by atoms with Gasteiger partial charge in [-0.25, -0.2) is 9.78 Å². The number of hydrogen-bond acceptors (Lipinski definition) is 7. The SMILES string of the molecule is COC(COOOCC(OC)OC)OC. The van der Waals surface area contributed by atoms with Crippen molar-refractivity contribution in [2.24, 2.45) is 0 Å². The lowest BCUT2D eigenvalue weighted by Gasteiger charge is -2.13. The molecular formula is C8H18O7. The van der Waals surface area contributed by atoms with Crippen molar-refractivity contribution < 1.29 is 33.8 Å². The first-order chi connectivity index (χ1) is 7.28. The summed E-state index contributed by atoms with van der Waals surface area (Å²) in [6, 6.07) is 0. The van der Waals surface area contributed by atoms with Gasteiger partial charge in [-0.15, -0.1) is 0 Å².